The fraction of sp³-hybridized carbons (Fsp3) is 0.667. The first kappa shape index (κ1) is 12.9. The minimum atomic E-state index is -0.215. The van der Waals surface area contributed by atoms with E-state index in [2.05, 4.69) is 10.1 Å². The van der Waals surface area contributed by atoms with Crippen LogP contribution in [0.3, 0.4) is 0 Å². The molecule has 1 aliphatic rings. The Morgan fingerprint density at radius 2 is 2.17 bits per heavy atom. The lowest BCUT2D eigenvalue weighted by Gasteiger charge is -2.33. The van der Waals surface area contributed by atoms with Gasteiger partial charge in [-0.3, -0.25) is 4.90 Å². The second kappa shape index (κ2) is 5.86. The van der Waals surface area contributed by atoms with Crippen molar-refractivity contribution in [3.63, 3.8) is 0 Å². The van der Waals surface area contributed by atoms with Crippen LogP contribution in [0.5, 0.6) is 0 Å². The van der Waals surface area contributed by atoms with E-state index in [1.165, 1.54) is 0 Å². The lowest BCUT2D eigenvalue weighted by molar-refractivity contribution is 0.0754. The highest BCUT2D eigenvalue weighted by molar-refractivity contribution is 5.67. The Hall–Kier alpha value is -1.56. The number of carbonyl (C=O) groups excluding carboxylic acids is 1. The molecule has 100 valence electrons. The third kappa shape index (κ3) is 3.22. The number of rotatable bonds is 3. The summed E-state index contributed by atoms with van der Waals surface area (Å²) in [5, 5.41) is 3.86. The average molecular weight is 253 g/mol. The summed E-state index contributed by atoms with van der Waals surface area (Å²) in [6, 6.07) is 1.94. The van der Waals surface area contributed by atoms with Crippen LogP contribution in [0, 0.1) is 6.92 Å². The molecule has 0 unspecified atom stereocenters. The van der Waals surface area contributed by atoms with Crippen LogP contribution in [0.2, 0.25) is 0 Å². The van der Waals surface area contributed by atoms with E-state index in [1.54, 1.807) is 4.90 Å². The van der Waals surface area contributed by atoms with Gasteiger partial charge in [0.15, 0.2) is 5.76 Å². The highest BCUT2D eigenvalue weighted by Crippen LogP contribution is 2.10. The molecule has 0 atom stereocenters. The zero-order chi connectivity index (χ0) is 13.0. The fourth-order valence-corrected chi connectivity index (χ4v) is 2.01. The number of carbonyl (C=O) groups is 1. The number of aryl methyl sites for hydroxylation is 1. The van der Waals surface area contributed by atoms with Gasteiger partial charge in [-0.1, -0.05) is 5.16 Å². The summed E-state index contributed by atoms with van der Waals surface area (Å²) in [7, 11) is 0. The minimum Gasteiger partial charge on any atom is -0.450 e. The zero-order valence-corrected chi connectivity index (χ0v) is 10.9. The molecule has 0 aliphatic carbocycles. The first-order valence-electron chi connectivity index (χ1n) is 6.25. The summed E-state index contributed by atoms with van der Waals surface area (Å²) in [6.45, 7) is 7.97. The van der Waals surface area contributed by atoms with Crippen molar-refractivity contribution in [2.75, 3.05) is 32.8 Å². The number of piperazine rings is 1. The molecule has 0 aromatic carbocycles. The third-order valence-corrected chi connectivity index (χ3v) is 2.95. The smallest absolute Gasteiger partial charge is 0.409 e. The predicted molar refractivity (Wildman–Crippen MR) is 65.1 cm³/mol. The minimum absolute atomic E-state index is 0.215. The molecule has 0 spiro atoms. The van der Waals surface area contributed by atoms with Gasteiger partial charge >= 0.3 is 6.09 Å². The van der Waals surface area contributed by atoms with Crippen LogP contribution >= 0.6 is 0 Å². The van der Waals surface area contributed by atoms with Gasteiger partial charge in [-0.15, -0.1) is 0 Å². The molecule has 2 rings (SSSR count). The van der Waals surface area contributed by atoms with Crippen LogP contribution < -0.4 is 0 Å². The van der Waals surface area contributed by atoms with Crippen molar-refractivity contribution in [2.24, 2.45) is 0 Å². The molecular formula is C12H19N3O3. The molecule has 0 radical (unpaired) electrons. The molecule has 0 bridgehead atoms. The molecule has 2 heterocycles. The zero-order valence-electron chi connectivity index (χ0n) is 10.9. The van der Waals surface area contributed by atoms with E-state index in [1.807, 2.05) is 19.9 Å². The van der Waals surface area contributed by atoms with Crippen LogP contribution in [-0.2, 0) is 11.3 Å². The summed E-state index contributed by atoms with van der Waals surface area (Å²) in [5.74, 6) is 0.872. The van der Waals surface area contributed by atoms with Crippen LogP contribution in [0.15, 0.2) is 10.6 Å². The number of hydrogen-bond acceptors (Lipinski definition) is 5. The van der Waals surface area contributed by atoms with Gasteiger partial charge in [0.25, 0.3) is 0 Å². The number of nitrogens with zero attached hydrogens (tertiary/aromatic N) is 3. The summed E-state index contributed by atoms with van der Waals surface area (Å²) < 4.78 is 10.2. The quantitative estimate of drug-likeness (QED) is 0.811. The van der Waals surface area contributed by atoms with Crippen molar-refractivity contribution in [1.29, 1.82) is 0 Å². The normalized spacial score (nSPS) is 16.9. The Bertz CT molecular complexity index is 397. The molecule has 1 saturated heterocycles. The van der Waals surface area contributed by atoms with E-state index in [0.29, 0.717) is 19.7 Å². The summed E-state index contributed by atoms with van der Waals surface area (Å²) >= 11 is 0. The molecule has 18 heavy (non-hydrogen) atoms. The first-order valence-corrected chi connectivity index (χ1v) is 6.25. The maximum Gasteiger partial charge on any atom is 0.409 e. The molecule has 1 aromatic rings. The Morgan fingerprint density at radius 1 is 1.44 bits per heavy atom. The van der Waals surface area contributed by atoms with Gasteiger partial charge in [-0.25, -0.2) is 4.79 Å². The molecule has 1 aliphatic heterocycles. The number of hydrogen-bond donors (Lipinski definition) is 0. The van der Waals surface area contributed by atoms with E-state index >= 15 is 0 Å². The third-order valence-electron chi connectivity index (χ3n) is 2.95. The van der Waals surface area contributed by atoms with Crippen LogP contribution in [0.25, 0.3) is 0 Å². The van der Waals surface area contributed by atoms with Crippen molar-refractivity contribution in [3.8, 4) is 0 Å². The molecule has 1 amide bonds. The van der Waals surface area contributed by atoms with Crippen molar-refractivity contribution in [2.45, 2.75) is 20.4 Å². The molecule has 1 aromatic heterocycles. The predicted octanol–water partition coefficient (Wildman–Crippen LogP) is 1.26. The van der Waals surface area contributed by atoms with E-state index in [4.69, 9.17) is 9.26 Å². The number of amides is 1. The maximum absolute atomic E-state index is 11.5. The maximum atomic E-state index is 11.5. The number of ether oxygens (including phenoxy) is 1. The summed E-state index contributed by atoms with van der Waals surface area (Å²) in [6.07, 6.45) is -0.215. The second-order valence-corrected chi connectivity index (χ2v) is 4.40. The highest BCUT2D eigenvalue weighted by Gasteiger charge is 2.22. The first-order chi connectivity index (χ1) is 8.69. The monoisotopic (exact) mass is 253 g/mol. The van der Waals surface area contributed by atoms with Crippen LogP contribution in [0.4, 0.5) is 4.79 Å². The van der Waals surface area contributed by atoms with E-state index in [9.17, 15) is 4.79 Å². The Balaban J connectivity index is 1.78. The van der Waals surface area contributed by atoms with Gasteiger partial charge < -0.3 is 14.2 Å². The largest absolute Gasteiger partial charge is 0.450 e. The van der Waals surface area contributed by atoms with Crippen LogP contribution in [0.1, 0.15) is 18.4 Å². The second-order valence-electron chi connectivity index (χ2n) is 4.40. The van der Waals surface area contributed by atoms with Gasteiger partial charge in [0.2, 0.25) is 0 Å². The molecule has 0 saturated carbocycles. The molecule has 0 N–H and O–H groups in total. The van der Waals surface area contributed by atoms with E-state index in [0.717, 1.165) is 31.1 Å². The van der Waals surface area contributed by atoms with Crippen molar-refractivity contribution < 1.29 is 14.1 Å². The summed E-state index contributed by atoms with van der Waals surface area (Å²) in [5.41, 5.74) is 0.898. The van der Waals surface area contributed by atoms with Gasteiger partial charge in [-0.05, 0) is 13.8 Å². The molecular weight excluding hydrogens is 234 g/mol. The van der Waals surface area contributed by atoms with Gasteiger partial charge in [-0.2, -0.15) is 0 Å². The van der Waals surface area contributed by atoms with Gasteiger partial charge in [0.1, 0.15) is 0 Å². The topological polar surface area (TPSA) is 58.8 Å². The Kier molecular flexibility index (Phi) is 4.19. The Labute approximate surface area is 106 Å². The SMILES string of the molecule is CCOC(=O)N1CCN(Cc2cc(C)no2)CC1. The highest BCUT2D eigenvalue weighted by atomic mass is 16.6. The van der Waals surface area contributed by atoms with Gasteiger partial charge in [0.05, 0.1) is 18.8 Å². The average Bonchev–Trinajstić information content (AvgIpc) is 2.76. The molecule has 1 fully saturated rings. The molecule has 6 heteroatoms. The van der Waals surface area contributed by atoms with Gasteiger partial charge in [0, 0.05) is 32.2 Å². The van der Waals surface area contributed by atoms with Crippen LogP contribution in [-0.4, -0.2) is 53.8 Å². The van der Waals surface area contributed by atoms with Crippen molar-refractivity contribution in [3.05, 3.63) is 17.5 Å². The van der Waals surface area contributed by atoms with E-state index in [-0.39, 0.29) is 6.09 Å². The summed E-state index contributed by atoms with van der Waals surface area (Å²) in [4.78, 5) is 15.5. The van der Waals surface area contributed by atoms with E-state index < -0.39 is 0 Å². The Morgan fingerprint density at radius 3 is 2.72 bits per heavy atom. The van der Waals surface area contributed by atoms with Crippen molar-refractivity contribution >= 4 is 6.09 Å². The lowest BCUT2D eigenvalue weighted by atomic mass is 10.3. The number of aromatic nitrogens is 1. The fourth-order valence-electron chi connectivity index (χ4n) is 2.01. The molecule has 6 nitrogen and oxygen atoms in total. The standard InChI is InChI=1S/C12H19N3O3/c1-3-17-12(16)15-6-4-14(5-7-15)9-11-8-10(2)13-18-11/h8H,3-7,9H2,1-2H3. The van der Waals surface area contributed by atoms with Crippen molar-refractivity contribution in [1.82, 2.24) is 15.0 Å². The lowest BCUT2D eigenvalue weighted by Crippen LogP contribution is -2.48.